The van der Waals surface area contributed by atoms with Crippen molar-refractivity contribution in [1.29, 1.82) is 0 Å². The quantitative estimate of drug-likeness (QED) is 0.867. The van der Waals surface area contributed by atoms with E-state index in [0.717, 1.165) is 4.47 Å². The van der Waals surface area contributed by atoms with Gasteiger partial charge in [0, 0.05) is 10.7 Å². The summed E-state index contributed by atoms with van der Waals surface area (Å²) in [6.45, 7) is 0. The lowest BCUT2D eigenvalue weighted by Gasteiger charge is -2.03. The molecule has 0 saturated heterocycles. The van der Waals surface area contributed by atoms with Gasteiger partial charge in [-0.05, 0) is 40.2 Å². The molecular weight excluding hydrogens is 305 g/mol. The summed E-state index contributed by atoms with van der Waals surface area (Å²) in [5, 5.41) is 3.05. The lowest BCUT2D eigenvalue weighted by Crippen LogP contribution is -2.13. The van der Waals surface area contributed by atoms with Crippen molar-refractivity contribution in [2.75, 3.05) is 5.32 Å². The van der Waals surface area contributed by atoms with E-state index in [9.17, 15) is 4.79 Å². The number of amides is 1. The van der Waals surface area contributed by atoms with Gasteiger partial charge in [-0.1, -0.05) is 11.6 Å². The van der Waals surface area contributed by atoms with Gasteiger partial charge in [0.05, 0.1) is 11.9 Å². The van der Waals surface area contributed by atoms with Crippen LogP contribution in [0.2, 0.25) is 5.15 Å². The average Bonchev–Trinajstić information content (AvgIpc) is 2.33. The van der Waals surface area contributed by atoms with E-state index >= 15 is 0 Å². The molecule has 0 unspecified atom stereocenters. The highest BCUT2D eigenvalue weighted by Gasteiger charge is 2.07. The van der Waals surface area contributed by atoms with E-state index in [1.807, 2.05) is 0 Å². The van der Waals surface area contributed by atoms with Gasteiger partial charge in [0.2, 0.25) is 0 Å². The highest BCUT2D eigenvalue weighted by Crippen LogP contribution is 2.12. The second kappa shape index (κ2) is 5.25. The van der Waals surface area contributed by atoms with Gasteiger partial charge in [-0.25, -0.2) is 9.97 Å². The number of carbonyl (C=O) groups excluding carboxylic acids is 1. The van der Waals surface area contributed by atoms with Crippen LogP contribution in [0.15, 0.2) is 41.1 Å². The molecule has 0 atom stereocenters. The van der Waals surface area contributed by atoms with Crippen LogP contribution in [0.5, 0.6) is 0 Å². The van der Waals surface area contributed by atoms with Crippen molar-refractivity contribution in [2.45, 2.75) is 0 Å². The Kier molecular flexibility index (Phi) is 3.71. The highest BCUT2D eigenvalue weighted by atomic mass is 79.9. The molecule has 0 aliphatic carbocycles. The average molecular weight is 313 g/mol. The lowest BCUT2D eigenvalue weighted by molar-refractivity contribution is 0.102. The minimum atomic E-state index is -0.290. The zero-order chi connectivity index (χ0) is 12.3. The van der Waals surface area contributed by atoms with Gasteiger partial charge in [0.25, 0.3) is 5.91 Å². The summed E-state index contributed by atoms with van der Waals surface area (Å²) in [4.78, 5) is 19.6. The molecule has 1 amide bonds. The molecule has 17 heavy (non-hydrogen) atoms. The van der Waals surface area contributed by atoms with E-state index in [2.05, 4.69) is 31.2 Å². The van der Waals surface area contributed by atoms with Crippen LogP contribution < -0.4 is 5.32 Å². The van der Waals surface area contributed by atoms with Crippen molar-refractivity contribution in [3.8, 4) is 0 Å². The molecule has 86 valence electrons. The number of nitrogens with one attached hydrogen (secondary N) is 1. The Labute approximate surface area is 111 Å². The van der Waals surface area contributed by atoms with Gasteiger partial charge in [-0.2, -0.15) is 0 Å². The molecule has 0 spiro atoms. The molecule has 0 aromatic carbocycles. The molecule has 0 radical (unpaired) electrons. The number of aromatic nitrogens is 2. The molecule has 2 rings (SSSR count). The summed E-state index contributed by atoms with van der Waals surface area (Å²) in [6, 6.07) is 6.66. The van der Waals surface area contributed by atoms with Crippen LogP contribution in [-0.2, 0) is 0 Å². The number of hydrogen-bond acceptors (Lipinski definition) is 3. The molecular formula is C11H7BrClN3O. The SMILES string of the molecule is O=C(Nc1ccc(Cl)nc1)c1ccc(Br)cn1. The van der Waals surface area contributed by atoms with E-state index in [1.54, 1.807) is 30.5 Å². The van der Waals surface area contributed by atoms with Crippen molar-refractivity contribution in [2.24, 2.45) is 0 Å². The van der Waals surface area contributed by atoms with Crippen LogP contribution >= 0.6 is 27.5 Å². The fraction of sp³-hybridized carbons (Fsp3) is 0. The zero-order valence-corrected chi connectivity index (χ0v) is 10.9. The minimum Gasteiger partial charge on any atom is -0.319 e. The van der Waals surface area contributed by atoms with Gasteiger partial charge in [0.1, 0.15) is 10.8 Å². The second-order valence-electron chi connectivity index (χ2n) is 3.19. The maximum absolute atomic E-state index is 11.8. The van der Waals surface area contributed by atoms with Gasteiger partial charge in [0.15, 0.2) is 0 Å². The van der Waals surface area contributed by atoms with Crippen LogP contribution in [0.3, 0.4) is 0 Å². The van der Waals surface area contributed by atoms with Crippen molar-refractivity contribution in [1.82, 2.24) is 9.97 Å². The van der Waals surface area contributed by atoms with E-state index in [4.69, 9.17) is 11.6 Å². The van der Waals surface area contributed by atoms with Crippen LogP contribution in [0.25, 0.3) is 0 Å². The first-order valence-electron chi connectivity index (χ1n) is 4.69. The van der Waals surface area contributed by atoms with Crippen molar-refractivity contribution in [3.05, 3.63) is 52.0 Å². The van der Waals surface area contributed by atoms with Gasteiger partial charge in [-0.3, -0.25) is 4.79 Å². The predicted octanol–water partition coefficient (Wildman–Crippen LogP) is 3.14. The molecule has 2 aromatic rings. The number of rotatable bonds is 2. The summed E-state index contributed by atoms with van der Waals surface area (Å²) in [7, 11) is 0. The Hall–Kier alpha value is -1.46. The maximum atomic E-state index is 11.8. The second-order valence-corrected chi connectivity index (χ2v) is 4.49. The van der Waals surface area contributed by atoms with Crippen LogP contribution in [0.1, 0.15) is 10.5 Å². The first-order chi connectivity index (χ1) is 8.15. The summed E-state index contributed by atoms with van der Waals surface area (Å²) in [6.07, 6.45) is 3.05. The fourth-order valence-electron chi connectivity index (χ4n) is 1.16. The molecule has 2 heterocycles. The highest BCUT2D eigenvalue weighted by molar-refractivity contribution is 9.10. The fourth-order valence-corrected chi connectivity index (χ4v) is 1.50. The molecule has 0 bridgehead atoms. The normalized spacial score (nSPS) is 10.0. The van der Waals surface area contributed by atoms with E-state index in [0.29, 0.717) is 16.5 Å². The number of carbonyl (C=O) groups is 1. The van der Waals surface area contributed by atoms with Gasteiger partial charge >= 0.3 is 0 Å². The number of anilines is 1. The first kappa shape index (κ1) is 12.0. The molecule has 2 aromatic heterocycles. The molecule has 6 heteroatoms. The summed E-state index contributed by atoms with van der Waals surface area (Å²) in [5.41, 5.74) is 0.910. The van der Waals surface area contributed by atoms with Crippen molar-refractivity contribution >= 4 is 39.1 Å². The van der Waals surface area contributed by atoms with Crippen LogP contribution in [-0.4, -0.2) is 15.9 Å². The van der Waals surface area contributed by atoms with Gasteiger partial charge in [-0.15, -0.1) is 0 Å². The third-order valence-corrected chi connectivity index (χ3v) is 2.64. The third kappa shape index (κ3) is 3.25. The minimum absolute atomic E-state index is 0.290. The largest absolute Gasteiger partial charge is 0.319 e. The maximum Gasteiger partial charge on any atom is 0.274 e. The van der Waals surface area contributed by atoms with Crippen LogP contribution in [0.4, 0.5) is 5.69 Å². The van der Waals surface area contributed by atoms with Crippen molar-refractivity contribution < 1.29 is 4.79 Å². The first-order valence-corrected chi connectivity index (χ1v) is 5.87. The Morgan fingerprint density at radius 2 is 2.00 bits per heavy atom. The molecule has 0 fully saturated rings. The number of halogens is 2. The Morgan fingerprint density at radius 3 is 2.59 bits per heavy atom. The van der Waals surface area contributed by atoms with E-state index in [1.165, 1.54) is 6.20 Å². The summed E-state index contributed by atoms with van der Waals surface area (Å²) in [5.74, 6) is -0.290. The monoisotopic (exact) mass is 311 g/mol. The predicted molar refractivity (Wildman–Crippen MR) is 69.1 cm³/mol. The Morgan fingerprint density at radius 1 is 1.18 bits per heavy atom. The molecule has 4 nitrogen and oxygen atoms in total. The molecule has 1 N–H and O–H groups in total. The Bertz CT molecular complexity index is 527. The summed E-state index contributed by atoms with van der Waals surface area (Å²) >= 11 is 8.89. The molecule has 0 aliphatic heterocycles. The van der Waals surface area contributed by atoms with Gasteiger partial charge < -0.3 is 5.32 Å². The topological polar surface area (TPSA) is 54.9 Å². The third-order valence-electron chi connectivity index (χ3n) is 1.95. The standard InChI is InChI=1S/C11H7BrClN3O/c12-7-1-3-9(14-5-7)11(17)16-8-2-4-10(13)15-6-8/h1-6H,(H,16,17). The summed E-state index contributed by atoms with van der Waals surface area (Å²) < 4.78 is 0.821. The van der Waals surface area contributed by atoms with Crippen LogP contribution in [0, 0.1) is 0 Å². The zero-order valence-electron chi connectivity index (χ0n) is 8.52. The lowest BCUT2D eigenvalue weighted by atomic mass is 10.3. The number of nitrogens with zero attached hydrogens (tertiary/aromatic N) is 2. The smallest absolute Gasteiger partial charge is 0.274 e. The van der Waals surface area contributed by atoms with Crippen molar-refractivity contribution in [3.63, 3.8) is 0 Å². The Balaban J connectivity index is 2.11. The number of pyridine rings is 2. The van der Waals surface area contributed by atoms with E-state index < -0.39 is 0 Å². The molecule has 0 saturated carbocycles. The number of hydrogen-bond donors (Lipinski definition) is 1. The molecule has 0 aliphatic rings. The van der Waals surface area contributed by atoms with E-state index in [-0.39, 0.29) is 5.91 Å².